The highest BCUT2D eigenvalue weighted by Crippen LogP contribution is 2.23. The van der Waals surface area contributed by atoms with E-state index in [1.807, 2.05) is 13.8 Å². The summed E-state index contributed by atoms with van der Waals surface area (Å²) in [6.45, 7) is 3.46. The number of carbonyl (C=O) groups is 1. The number of anilines is 1. The summed E-state index contributed by atoms with van der Waals surface area (Å²) in [5.74, 6) is -0.376. The molecule has 10 heteroatoms. The van der Waals surface area contributed by atoms with Gasteiger partial charge in [-0.3, -0.25) is 14.3 Å². The third-order valence-electron chi connectivity index (χ3n) is 3.91. The Morgan fingerprint density at radius 2 is 2.00 bits per heavy atom. The van der Waals surface area contributed by atoms with Crippen molar-refractivity contribution in [3.63, 3.8) is 0 Å². The highest BCUT2D eigenvalue weighted by atomic mass is 32.2. The lowest BCUT2D eigenvalue weighted by atomic mass is 10.1. The molecule has 0 aliphatic rings. The number of hydrogen-bond acceptors (Lipinski definition) is 5. The van der Waals surface area contributed by atoms with Crippen molar-refractivity contribution >= 4 is 32.5 Å². The fourth-order valence-corrected chi connectivity index (χ4v) is 3.09. The van der Waals surface area contributed by atoms with Crippen LogP contribution in [0.5, 0.6) is 0 Å². The molecular formula is C16H17N5O4S. The quantitative estimate of drug-likeness (QED) is 0.613. The van der Waals surface area contributed by atoms with E-state index in [0.29, 0.717) is 11.2 Å². The molecule has 136 valence electrons. The predicted molar refractivity (Wildman–Crippen MR) is 96.3 cm³/mol. The standard InChI is InChI=1S/C16H17N5O4S/c1-9-4-15(22)20-14-3-10(2)13(5-12(9)14)19-16(23)8-21-7-11(6-18-21)26(17,24)25/h3-7H,8H2,1-2H3,(H,19,23)(H,20,22)(H2,17,24,25). The number of sulfonamides is 1. The molecule has 0 saturated heterocycles. The van der Waals surface area contributed by atoms with Crippen LogP contribution >= 0.6 is 0 Å². The molecular weight excluding hydrogens is 358 g/mol. The molecule has 2 heterocycles. The minimum Gasteiger partial charge on any atom is -0.324 e. The molecule has 0 aliphatic carbocycles. The highest BCUT2D eigenvalue weighted by Gasteiger charge is 2.13. The SMILES string of the molecule is Cc1cc2[nH]c(=O)cc(C)c2cc1NC(=O)Cn1cc(S(N)(=O)=O)cn1. The molecule has 0 spiro atoms. The van der Waals surface area contributed by atoms with E-state index >= 15 is 0 Å². The number of amides is 1. The van der Waals surface area contributed by atoms with Gasteiger partial charge in [0.25, 0.3) is 0 Å². The molecule has 0 unspecified atom stereocenters. The van der Waals surface area contributed by atoms with Crippen molar-refractivity contribution in [1.82, 2.24) is 14.8 Å². The Labute approximate surface area is 148 Å². The number of rotatable bonds is 4. The zero-order valence-electron chi connectivity index (χ0n) is 14.1. The van der Waals surface area contributed by atoms with Crippen molar-refractivity contribution in [3.8, 4) is 0 Å². The Bertz CT molecular complexity index is 1180. The number of fused-ring (bicyclic) bond motifs is 1. The maximum atomic E-state index is 12.3. The predicted octanol–water partition coefficient (Wildman–Crippen LogP) is 0.628. The van der Waals surface area contributed by atoms with Crippen LogP contribution in [0.2, 0.25) is 0 Å². The molecule has 26 heavy (non-hydrogen) atoms. The van der Waals surface area contributed by atoms with Crippen LogP contribution in [0, 0.1) is 13.8 Å². The van der Waals surface area contributed by atoms with E-state index in [-0.39, 0.29) is 22.9 Å². The number of aryl methyl sites for hydroxylation is 2. The van der Waals surface area contributed by atoms with Gasteiger partial charge in [-0.2, -0.15) is 5.10 Å². The van der Waals surface area contributed by atoms with Gasteiger partial charge in [-0.05, 0) is 37.1 Å². The van der Waals surface area contributed by atoms with Gasteiger partial charge in [-0.15, -0.1) is 0 Å². The second-order valence-corrected chi connectivity index (χ2v) is 7.56. The van der Waals surface area contributed by atoms with Gasteiger partial charge in [-0.25, -0.2) is 13.6 Å². The summed E-state index contributed by atoms with van der Waals surface area (Å²) in [5, 5.41) is 12.4. The van der Waals surface area contributed by atoms with Crippen LogP contribution < -0.4 is 16.0 Å². The van der Waals surface area contributed by atoms with E-state index in [2.05, 4.69) is 15.4 Å². The van der Waals surface area contributed by atoms with Gasteiger partial charge in [0.1, 0.15) is 11.4 Å². The molecule has 4 N–H and O–H groups in total. The molecule has 1 aromatic carbocycles. The minimum atomic E-state index is -3.86. The van der Waals surface area contributed by atoms with Crippen molar-refractivity contribution in [1.29, 1.82) is 0 Å². The molecule has 3 aromatic rings. The number of benzene rings is 1. The first-order valence-corrected chi connectivity index (χ1v) is 9.17. The third kappa shape index (κ3) is 3.65. The average Bonchev–Trinajstić information content (AvgIpc) is 2.97. The van der Waals surface area contributed by atoms with E-state index in [4.69, 9.17) is 5.14 Å². The molecule has 1 amide bonds. The van der Waals surface area contributed by atoms with Crippen molar-refractivity contribution in [3.05, 3.63) is 52.1 Å². The van der Waals surface area contributed by atoms with E-state index < -0.39 is 10.0 Å². The zero-order chi connectivity index (χ0) is 19.1. The van der Waals surface area contributed by atoms with Crippen LogP contribution in [0.3, 0.4) is 0 Å². The smallest absolute Gasteiger partial charge is 0.248 e. The summed E-state index contributed by atoms with van der Waals surface area (Å²) in [4.78, 5) is 26.4. The van der Waals surface area contributed by atoms with Crippen LogP contribution in [0.1, 0.15) is 11.1 Å². The van der Waals surface area contributed by atoms with Crippen LogP contribution in [-0.4, -0.2) is 29.1 Å². The molecule has 0 aliphatic heterocycles. The van der Waals surface area contributed by atoms with Crippen LogP contribution in [-0.2, 0) is 21.4 Å². The van der Waals surface area contributed by atoms with Gasteiger partial charge in [0, 0.05) is 28.9 Å². The number of nitrogens with one attached hydrogen (secondary N) is 2. The number of nitrogens with two attached hydrogens (primary N) is 1. The van der Waals surface area contributed by atoms with Gasteiger partial charge >= 0.3 is 0 Å². The van der Waals surface area contributed by atoms with Gasteiger partial charge in [-0.1, -0.05) is 0 Å². The zero-order valence-corrected chi connectivity index (χ0v) is 14.9. The van der Waals surface area contributed by atoms with Crippen LogP contribution in [0.25, 0.3) is 10.9 Å². The highest BCUT2D eigenvalue weighted by molar-refractivity contribution is 7.89. The fraction of sp³-hybridized carbons (Fsp3) is 0.188. The molecule has 2 aromatic heterocycles. The molecule has 0 saturated carbocycles. The lowest BCUT2D eigenvalue weighted by Crippen LogP contribution is -2.20. The average molecular weight is 375 g/mol. The van der Waals surface area contributed by atoms with E-state index in [1.54, 1.807) is 12.1 Å². The maximum Gasteiger partial charge on any atom is 0.248 e. The number of H-pyrrole nitrogens is 1. The fourth-order valence-electron chi connectivity index (χ4n) is 2.63. The summed E-state index contributed by atoms with van der Waals surface area (Å²) in [5.41, 5.74) is 2.67. The van der Waals surface area contributed by atoms with E-state index in [1.165, 1.54) is 16.9 Å². The number of carbonyl (C=O) groups excluding carboxylic acids is 1. The second-order valence-electron chi connectivity index (χ2n) is 6.00. The lowest BCUT2D eigenvalue weighted by Gasteiger charge is -2.11. The lowest BCUT2D eigenvalue weighted by molar-refractivity contribution is -0.116. The number of aromatic nitrogens is 3. The van der Waals surface area contributed by atoms with Crippen LogP contribution in [0.4, 0.5) is 5.69 Å². The molecule has 0 fully saturated rings. The van der Waals surface area contributed by atoms with E-state index in [0.717, 1.165) is 22.7 Å². The molecule has 9 nitrogen and oxygen atoms in total. The van der Waals surface area contributed by atoms with Crippen molar-refractivity contribution in [2.24, 2.45) is 5.14 Å². The van der Waals surface area contributed by atoms with Gasteiger partial charge in [0.2, 0.25) is 21.5 Å². The topological polar surface area (TPSA) is 140 Å². The van der Waals surface area contributed by atoms with Crippen molar-refractivity contribution in [2.75, 3.05) is 5.32 Å². The number of aromatic amines is 1. The van der Waals surface area contributed by atoms with Gasteiger partial charge in [0.15, 0.2) is 0 Å². The second kappa shape index (κ2) is 6.39. The Balaban J connectivity index is 1.84. The normalized spacial score (nSPS) is 11.7. The largest absolute Gasteiger partial charge is 0.324 e. The Hall–Kier alpha value is -2.98. The Kier molecular flexibility index (Phi) is 4.38. The monoisotopic (exact) mass is 375 g/mol. The summed E-state index contributed by atoms with van der Waals surface area (Å²) >= 11 is 0. The summed E-state index contributed by atoms with van der Waals surface area (Å²) in [6.07, 6.45) is 2.28. The minimum absolute atomic E-state index is 0.160. The Morgan fingerprint density at radius 3 is 2.65 bits per heavy atom. The van der Waals surface area contributed by atoms with Gasteiger partial charge in [0.05, 0.1) is 6.20 Å². The molecule has 3 rings (SSSR count). The number of pyridine rings is 1. The number of primary sulfonamides is 1. The van der Waals surface area contributed by atoms with Crippen molar-refractivity contribution < 1.29 is 13.2 Å². The summed E-state index contributed by atoms with van der Waals surface area (Å²) in [6, 6.07) is 5.06. The third-order valence-corrected chi connectivity index (χ3v) is 4.78. The molecule has 0 atom stereocenters. The number of hydrogen-bond donors (Lipinski definition) is 3. The maximum absolute atomic E-state index is 12.3. The first-order valence-electron chi connectivity index (χ1n) is 7.63. The van der Waals surface area contributed by atoms with E-state index in [9.17, 15) is 18.0 Å². The van der Waals surface area contributed by atoms with Crippen LogP contribution in [0.15, 0.2) is 40.3 Å². The number of nitrogens with zero attached hydrogens (tertiary/aromatic N) is 2. The first kappa shape index (κ1) is 17.8. The summed E-state index contributed by atoms with van der Waals surface area (Å²) < 4.78 is 23.7. The van der Waals surface area contributed by atoms with Crippen molar-refractivity contribution in [2.45, 2.75) is 25.3 Å². The Morgan fingerprint density at radius 1 is 1.27 bits per heavy atom. The molecule has 0 bridgehead atoms. The first-order chi connectivity index (χ1) is 12.1. The molecule has 0 radical (unpaired) electrons. The van der Waals surface area contributed by atoms with Gasteiger partial charge < -0.3 is 10.3 Å². The summed E-state index contributed by atoms with van der Waals surface area (Å²) in [7, 11) is -3.86.